The van der Waals surface area contributed by atoms with Crippen LogP contribution in [0, 0.1) is 30.3 Å². The van der Waals surface area contributed by atoms with Crippen molar-refractivity contribution in [3.8, 4) is 5.75 Å². The van der Waals surface area contributed by atoms with E-state index >= 15 is 0 Å². The van der Waals surface area contributed by atoms with E-state index in [4.69, 9.17) is 10.9 Å². The first kappa shape index (κ1) is 19.7. The van der Waals surface area contributed by atoms with Crippen LogP contribution in [-0.2, 0) is 0 Å². The Morgan fingerprint density at radius 2 is 1.50 bits per heavy atom. The van der Waals surface area contributed by atoms with Gasteiger partial charge in [-0.1, -0.05) is 12.1 Å². The number of hydrogen-bond donors (Lipinski definition) is 2. The van der Waals surface area contributed by atoms with Gasteiger partial charge in [-0.25, -0.2) is 9.66 Å². The molecule has 3 aromatic rings. The highest BCUT2D eigenvalue weighted by molar-refractivity contribution is 5.76. The van der Waals surface area contributed by atoms with Crippen molar-refractivity contribution in [2.75, 3.05) is 5.84 Å². The largest absolute Gasteiger partial charge is 0.497 e. The fourth-order valence-corrected chi connectivity index (χ4v) is 2.06. The van der Waals surface area contributed by atoms with Crippen LogP contribution in [0.5, 0.6) is 5.75 Å². The number of rotatable bonds is 3. The summed E-state index contributed by atoms with van der Waals surface area (Å²) < 4.78 is 0.975. The number of phenols is 1. The molecule has 0 aliphatic heterocycles. The van der Waals surface area contributed by atoms with E-state index in [-0.39, 0.29) is 5.56 Å². The zero-order valence-electron chi connectivity index (χ0n) is 13.7. The Bertz CT molecular complexity index is 1120. The molecule has 0 aliphatic carbocycles. The summed E-state index contributed by atoms with van der Waals surface area (Å²) >= 11 is 0. The third kappa shape index (κ3) is 3.96. The molecule has 0 spiro atoms. The van der Waals surface area contributed by atoms with E-state index < -0.39 is 37.6 Å². The topological polar surface area (TPSA) is 211 Å². The van der Waals surface area contributed by atoms with E-state index in [2.05, 4.69) is 4.98 Å². The lowest BCUT2D eigenvalue weighted by molar-refractivity contribution is -0.404. The summed E-state index contributed by atoms with van der Waals surface area (Å²) in [6.45, 7) is 0. The molecule has 14 heteroatoms. The van der Waals surface area contributed by atoms with Crippen LogP contribution in [0.25, 0.3) is 10.9 Å². The third-order valence-corrected chi connectivity index (χ3v) is 3.35. The number of para-hydroxylation sites is 1. The number of benzene rings is 2. The fourth-order valence-electron chi connectivity index (χ4n) is 2.06. The zero-order valence-corrected chi connectivity index (χ0v) is 13.7. The molecule has 0 aliphatic rings. The molecule has 1 heterocycles. The van der Waals surface area contributed by atoms with Crippen LogP contribution in [0.3, 0.4) is 0 Å². The summed E-state index contributed by atoms with van der Waals surface area (Å²) in [6.07, 6.45) is 1.31. The van der Waals surface area contributed by atoms with Crippen molar-refractivity contribution in [1.29, 1.82) is 0 Å². The lowest BCUT2D eigenvalue weighted by Crippen LogP contribution is -2.26. The van der Waals surface area contributed by atoms with Gasteiger partial charge in [0, 0.05) is 0 Å². The minimum Gasteiger partial charge on any atom is -0.497 e. The fraction of sp³-hybridized carbons (Fsp3) is 0. The number of non-ortho nitro benzene ring substituents is 1. The number of nitrogen functional groups attached to an aromatic ring is 1. The summed E-state index contributed by atoms with van der Waals surface area (Å²) in [4.78, 5) is 43.1. The average molecular weight is 390 g/mol. The van der Waals surface area contributed by atoms with Crippen molar-refractivity contribution >= 4 is 28.0 Å². The highest BCUT2D eigenvalue weighted by Crippen LogP contribution is 2.38. The number of hydrogen-bond acceptors (Lipinski definition) is 10. The predicted molar refractivity (Wildman–Crippen MR) is 94.2 cm³/mol. The second-order valence-corrected chi connectivity index (χ2v) is 5.08. The molecule has 2 aromatic carbocycles. The Labute approximate surface area is 153 Å². The van der Waals surface area contributed by atoms with Gasteiger partial charge in [0.25, 0.3) is 17.0 Å². The maximum Gasteiger partial charge on any atom is 0.324 e. The van der Waals surface area contributed by atoms with E-state index in [1.807, 2.05) is 6.07 Å². The zero-order chi connectivity index (χ0) is 21.0. The van der Waals surface area contributed by atoms with Gasteiger partial charge >= 0.3 is 11.4 Å². The molecule has 1 aromatic heterocycles. The molecule has 0 fully saturated rings. The molecule has 0 radical (unpaired) electrons. The highest BCUT2D eigenvalue weighted by Gasteiger charge is 2.30. The second-order valence-electron chi connectivity index (χ2n) is 5.08. The normalized spacial score (nSPS) is 10.0. The maximum atomic E-state index is 11.3. The first-order valence-electron chi connectivity index (χ1n) is 7.15. The lowest BCUT2D eigenvalue weighted by atomic mass is 10.2. The van der Waals surface area contributed by atoms with Crippen LogP contribution >= 0.6 is 0 Å². The Kier molecular flexibility index (Phi) is 5.44. The summed E-state index contributed by atoms with van der Waals surface area (Å²) in [5, 5.41) is 40.8. The van der Waals surface area contributed by atoms with Gasteiger partial charge in [0.15, 0.2) is 0 Å². The standard InChI is InChI=1S/C8H7N3O.C6H3N3O7/c9-11-5-10-7-4-2-1-3-6(7)8(11)12;10-6-4(8(13)14)1-3(7(11)12)2-5(6)9(15)16/h1-5H,9H2;1-2,10H. The number of nitro benzene ring substituents is 3. The maximum absolute atomic E-state index is 11.3. The first-order valence-corrected chi connectivity index (χ1v) is 7.15. The molecular formula is C14H10N6O8. The van der Waals surface area contributed by atoms with Gasteiger partial charge in [0.1, 0.15) is 6.33 Å². The van der Waals surface area contributed by atoms with Crippen LogP contribution in [0.4, 0.5) is 17.1 Å². The van der Waals surface area contributed by atoms with Gasteiger partial charge in [-0.2, -0.15) is 0 Å². The van der Waals surface area contributed by atoms with E-state index in [0.717, 1.165) is 4.68 Å². The van der Waals surface area contributed by atoms with Crippen molar-refractivity contribution in [2.24, 2.45) is 0 Å². The summed E-state index contributed by atoms with van der Waals surface area (Å²) in [7, 11) is 0. The summed E-state index contributed by atoms with van der Waals surface area (Å²) in [5.41, 5.74) is -2.55. The van der Waals surface area contributed by atoms with Gasteiger partial charge in [0.05, 0.1) is 37.8 Å². The Morgan fingerprint density at radius 1 is 0.964 bits per heavy atom. The molecule has 14 nitrogen and oxygen atoms in total. The quantitative estimate of drug-likeness (QED) is 0.371. The van der Waals surface area contributed by atoms with E-state index in [1.165, 1.54) is 6.33 Å². The van der Waals surface area contributed by atoms with E-state index in [9.17, 15) is 35.1 Å². The Morgan fingerprint density at radius 3 is 2.00 bits per heavy atom. The number of fused-ring (bicyclic) bond motifs is 1. The number of nitrogens with zero attached hydrogens (tertiary/aromatic N) is 5. The van der Waals surface area contributed by atoms with Crippen LogP contribution in [0.2, 0.25) is 0 Å². The number of nitro groups is 3. The number of aromatic nitrogens is 2. The number of nitrogens with two attached hydrogens (primary N) is 1. The van der Waals surface area contributed by atoms with Gasteiger partial charge in [-0.3, -0.25) is 35.1 Å². The van der Waals surface area contributed by atoms with Gasteiger partial charge in [0.2, 0.25) is 0 Å². The second kappa shape index (κ2) is 7.73. The SMILES string of the molecule is Nn1cnc2ccccc2c1=O.O=[N+]([O-])c1cc([N+](=O)[O-])c(O)c([N+](=O)[O-])c1. The molecular weight excluding hydrogens is 380 g/mol. The number of phenolic OH excluding ortho intramolecular Hbond substituents is 1. The number of aromatic hydroxyl groups is 1. The van der Waals surface area contributed by atoms with Crippen LogP contribution < -0.4 is 11.4 Å². The molecule has 28 heavy (non-hydrogen) atoms. The average Bonchev–Trinajstić information content (AvgIpc) is 2.65. The Hall–Kier alpha value is -4.62. The molecule has 0 saturated heterocycles. The van der Waals surface area contributed by atoms with E-state index in [1.54, 1.807) is 18.2 Å². The molecule has 144 valence electrons. The summed E-state index contributed by atoms with van der Waals surface area (Å²) in [6, 6.07) is 7.98. The molecule has 3 rings (SSSR count). The predicted octanol–water partition coefficient (Wildman–Crippen LogP) is 1.23. The lowest BCUT2D eigenvalue weighted by Gasteiger charge is -1.97. The van der Waals surface area contributed by atoms with Gasteiger partial charge < -0.3 is 10.9 Å². The molecule has 0 bridgehead atoms. The molecule has 0 unspecified atom stereocenters. The monoisotopic (exact) mass is 390 g/mol. The van der Waals surface area contributed by atoms with Crippen molar-refractivity contribution in [3.05, 3.63) is 83.4 Å². The van der Waals surface area contributed by atoms with Crippen molar-refractivity contribution < 1.29 is 19.9 Å². The molecule has 0 saturated carbocycles. The Balaban J connectivity index is 0.000000207. The first-order chi connectivity index (χ1) is 13.1. The van der Waals surface area contributed by atoms with Crippen LogP contribution in [0.1, 0.15) is 0 Å². The third-order valence-electron chi connectivity index (χ3n) is 3.35. The van der Waals surface area contributed by atoms with Crippen LogP contribution in [0.15, 0.2) is 47.5 Å². The van der Waals surface area contributed by atoms with Crippen molar-refractivity contribution in [2.45, 2.75) is 0 Å². The van der Waals surface area contributed by atoms with E-state index in [0.29, 0.717) is 23.0 Å². The highest BCUT2D eigenvalue weighted by atomic mass is 16.6. The van der Waals surface area contributed by atoms with Crippen LogP contribution in [-0.4, -0.2) is 29.5 Å². The van der Waals surface area contributed by atoms with Gasteiger partial charge in [-0.15, -0.1) is 0 Å². The van der Waals surface area contributed by atoms with Crippen molar-refractivity contribution in [1.82, 2.24) is 9.66 Å². The minimum absolute atomic E-state index is 0.222. The minimum atomic E-state index is -1.21. The summed E-state index contributed by atoms with van der Waals surface area (Å²) in [5.74, 6) is 4.12. The van der Waals surface area contributed by atoms with Gasteiger partial charge in [-0.05, 0) is 12.1 Å². The molecule has 0 atom stereocenters. The van der Waals surface area contributed by atoms with Crippen molar-refractivity contribution in [3.63, 3.8) is 0 Å². The molecule has 0 amide bonds. The smallest absolute Gasteiger partial charge is 0.324 e. The molecule has 3 N–H and O–H groups in total.